The SMILES string of the molecule is CCOC(CC(N=[N+]=[N-])C(C)(O)CO)OCC. The highest BCUT2D eigenvalue weighted by atomic mass is 16.7. The van der Waals surface area contributed by atoms with Gasteiger partial charge in [-0.1, -0.05) is 5.11 Å². The molecule has 2 atom stereocenters. The summed E-state index contributed by atoms with van der Waals surface area (Å²) in [5, 5.41) is 22.4. The molecule has 0 aliphatic heterocycles. The van der Waals surface area contributed by atoms with E-state index in [1.165, 1.54) is 6.92 Å². The summed E-state index contributed by atoms with van der Waals surface area (Å²) in [6.45, 7) is 5.45. The van der Waals surface area contributed by atoms with Crippen molar-refractivity contribution in [3.05, 3.63) is 10.4 Å². The van der Waals surface area contributed by atoms with Gasteiger partial charge in [0.05, 0.1) is 18.2 Å². The summed E-state index contributed by atoms with van der Waals surface area (Å²) in [7, 11) is 0. The van der Waals surface area contributed by atoms with Crippen molar-refractivity contribution in [2.45, 2.75) is 45.1 Å². The normalized spacial score (nSPS) is 16.4. The van der Waals surface area contributed by atoms with Crippen LogP contribution in [0.2, 0.25) is 0 Å². The maximum atomic E-state index is 9.87. The molecule has 100 valence electrons. The quantitative estimate of drug-likeness (QED) is 0.276. The minimum Gasteiger partial charge on any atom is -0.393 e. The molecule has 0 aliphatic carbocycles. The Balaban J connectivity index is 4.65. The molecule has 0 fully saturated rings. The van der Waals surface area contributed by atoms with E-state index < -0.39 is 24.5 Å². The fraction of sp³-hybridized carbons (Fsp3) is 1.00. The average molecular weight is 247 g/mol. The van der Waals surface area contributed by atoms with Gasteiger partial charge in [0.2, 0.25) is 0 Å². The van der Waals surface area contributed by atoms with Crippen molar-refractivity contribution < 1.29 is 19.7 Å². The summed E-state index contributed by atoms with van der Waals surface area (Å²) in [5.74, 6) is 0. The second-order valence-electron chi connectivity index (χ2n) is 3.81. The highest BCUT2D eigenvalue weighted by molar-refractivity contribution is 4.88. The molecule has 0 aromatic carbocycles. The third-order valence-corrected chi connectivity index (χ3v) is 2.35. The minimum absolute atomic E-state index is 0.194. The number of rotatable bonds is 9. The predicted octanol–water partition coefficient (Wildman–Crippen LogP) is 1.20. The van der Waals surface area contributed by atoms with Gasteiger partial charge >= 0.3 is 0 Å². The second-order valence-corrected chi connectivity index (χ2v) is 3.81. The first-order chi connectivity index (χ1) is 8.01. The van der Waals surface area contributed by atoms with Crippen molar-refractivity contribution in [1.82, 2.24) is 0 Å². The van der Waals surface area contributed by atoms with Crippen LogP contribution >= 0.6 is 0 Å². The third-order valence-electron chi connectivity index (χ3n) is 2.35. The molecule has 0 aromatic heterocycles. The lowest BCUT2D eigenvalue weighted by Gasteiger charge is -2.30. The van der Waals surface area contributed by atoms with Crippen LogP contribution in [0.3, 0.4) is 0 Å². The first-order valence-electron chi connectivity index (χ1n) is 5.62. The molecule has 2 N–H and O–H groups in total. The molecular weight excluding hydrogens is 226 g/mol. The molecule has 7 heteroatoms. The summed E-state index contributed by atoms with van der Waals surface area (Å²) in [6, 6.07) is -0.805. The molecule has 17 heavy (non-hydrogen) atoms. The van der Waals surface area contributed by atoms with Crippen LogP contribution in [-0.2, 0) is 9.47 Å². The molecule has 0 heterocycles. The smallest absolute Gasteiger partial charge is 0.158 e. The average Bonchev–Trinajstić information content (AvgIpc) is 2.29. The molecule has 0 rings (SSSR count). The minimum atomic E-state index is -1.49. The van der Waals surface area contributed by atoms with Gasteiger partial charge in [-0.3, -0.25) is 0 Å². The largest absolute Gasteiger partial charge is 0.393 e. The zero-order valence-corrected chi connectivity index (χ0v) is 10.5. The fourth-order valence-corrected chi connectivity index (χ4v) is 1.33. The topological polar surface area (TPSA) is 108 Å². The predicted molar refractivity (Wildman–Crippen MR) is 62.3 cm³/mol. The molecule has 7 nitrogen and oxygen atoms in total. The van der Waals surface area contributed by atoms with E-state index in [1.807, 2.05) is 13.8 Å². The second kappa shape index (κ2) is 8.27. The fourth-order valence-electron chi connectivity index (χ4n) is 1.33. The van der Waals surface area contributed by atoms with Gasteiger partial charge < -0.3 is 19.7 Å². The lowest BCUT2D eigenvalue weighted by molar-refractivity contribution is -0.152. The first-order valence-corrected chi connectivity index (χ1v) is 5.62. The number of ether oxygens (including phenoxy) is 2. The summed E-state index contributed by atoms with van der Waals surface area (Å²) >= 11 is 0. The lowest BCUT2D eigenvalue weighted by atomic mass is 9.95. The highest BCUT2D eigenvalue weighted by Crippen LogP contribution is 2.20. The Hall–Kier alpha value is -0.850. The van der Waals surface area contributed by atoms with E-state index in [0.29, 0.717) is 13.2 Å². The van der Waals surface area contributed by atoms with Crippen molar-refractivity contribution in [3.63, 3.8) is 0 Å². The lowest BCUT2D eigenvalue weighted by Crippen LogP contribution is -2.44. The van der Waals surface area contributed by atoms with Crippen molar-refractivity contribution >= 4 is 0 Å². The summed E-state index contributed by atoms with van der Waals surface area (Å²) in [6.07, 6.45) is -0.363. The van der Waals surface area contributed by atoms with Crippen LogP contribution in [0, 0.1) is 0 Å². The summed E-state index contributed by atoms with van der Waals surface area (Å²) in [4.78, 5) is 2.67. The Morgan fingerprint density at radius 1 is 1.35 bits per heavy atom. The van der Waals surface area contributed by atoms with Crippen molar-refractivity contribution in [1.29, 1.82) is 0 Å². The van der Waals surface area contributed by atoms with Crippen LogP contribution in [-0.4, -0.2) is 48.0 Å². The Kier molecular flexibility index (Phi) is 7.86. The molecule has 0 aromatic rings. The highest BCUT2D eigenvalue weighted by Gasteiger charge is 2.33. The van der Waals surface area contributed by atoms with Crippen LogP contribution in [0.15, 0.2) is 5.11 Å². The standard InChI is InChI=1S/C10H21N3O4/c1-4-16-9(17-5-2)6-8(12-13-11)10(3,15)7-14/h8-9,14-15H,4-7H2,1-3H3. The summed E-state index contributed by atoms with van der Waals surface area (Å²) < 4.78 is 10.6. The van der Waals surface area contributed by atoms with E-state index in [-0.39, 0.29) is 6.42 Å². The van der Waals surface area contributed by atoms with Crippen LogP contribution in [0.25, 0.3) is 10.4 Å². The maximum Gasteiger partial charge on any atom is 0.158 e. The molecule has 0 saturated heterocycles. The van der Waals surface area contributed by atoms with Gasteiger partial charge in [0.1, 0.15) is 0 Å². The number of aliphatic hydroxyl groups excluding tert-OH is 1. The molecule has 0 bridgehead atoms. The molecule has 2 unspecified atom stereocenters. The van der Waals surface area contributed by atoms with Crippen molar-refractivity contribution in [3.8, 4) is 0 Å². The van der Waals surface area contributed by atoms with Gasteiger partial charge in [0.25, 0.3) is 0 Å². The zero-order chi connectivity index (χ0) is 13.3. The molecule has 0 aliphatic rings. The van der Waals surface area contributed by atoms with Gasteiger partial charge in [-0.2, -0.15) is 0 Å². The van der Waals surface area contributed by atoms with Crippen LogP contribution < -0.4 is 0 Å². The number of hydrogen-bond acceptors (Lipinski definition) is 5. The number of hydrogen-bond donors (Lipinski definition) is 2. The van der Waals surface area contributed by atoms with Crippen LogP contribution in [0.5, 0.6) is 0 Å². The molecular formula is C10H21N3O4. The maximum absolute atomic E-state index is 9.87. The number of nitrogens with zero attached hydrogens (tertiary/aromatic N) is 3. The van der Waals surface area contributed by atoms with Gasteiger partial charge in [0, 0.05) is 24.5 Å². The van der Waals surface area contributed by atoms with Crippen molar-refractivity contribution in [2.75, 3.05) is 19.8 Å². The van der Waals surface area contributed by atoms with Gasteiger partial charge in [-0.25, -0.2) is 0 Å². The van der Waals surface area contributed by atoms with E-state index in [0.717, 1.165) is 0 Å². The summed E-state index contributed by atoms with van der Waals surface area (Å²) in [5.41, 5.74) is 6.96. The first kappa shape index (κ1) is 16.1. The van der Waals surface area contributed by atoms with Crippen LogP contribution in [0.1, 0.15) is 27.2 Å². The van der Waals surface area contributed by atoms with Gasteiger partial charge in [0.15, 0.2) is 6.29 Å². The van der Waals surface area contributed by atoms with E-state index in [1.54, 1.807) is 0 Å². The Bertz CT molecular complexity index is 248. The molecule has 0 radical (unpaired) electrons. The Morgan fingerprint density at radius 3 is 2.24 bits per heavy atom. The monoisotopic (exact) mass is 247 g/mol. The Morgan fingerprint density at radius 2 is 1.88 bits per heavy atom. The van der Waals surface area contributed by atoms with E-state index in [4.69, 9.17) is 20.1 Å². The molecule has 0 saturated carbocycles. The van der Waals surface area contributed by atoms with Crippen LogP contribution in [0.4, 0.5) is 0 Å². The van der Waals surface area contributed by atoms with Gasteiger partial charge in [-0.15, -0.1) is 0 Å². The van der Waals surface area contributed by atoms with E-state index >= 15 is 0 Å². The van der Waals surface area contributed by atoms with E-state index in [9.17, 15) is 5.11 Å². The third kappa shape index (κ3) is 5.86. The van der Waals surface area contributed by atoms with Gasteiger partial charge in [-0.05, 0) is 26.3 Å². The Labute approximate surface area is 101 Å². The number of azide groups is 1. The molecule has 0 spiro atoms. The molecule has 0 amide bonds. The van der Waals surface area contributed by atoms with Crippen molar-refractivity contribution in [2.24, 2.45) is 5.11 Å². The number of aliphatic hydroxyl groups is 2. The van der Waals surface area contributed by atoms with E-state index in [2.05, 4.69) is 10.0 Å². The zero-order valence-electron chi connectivity index (χ0n) is 10.5.